The van der Waals surface area contributed by atoms with Gasteiger partial charge in [0.1, 0.15) is 16.4 Å². The molecule has 3 aromatic rings. The molecule has 11 heteroatoms. The Morgan fingerprint density at radius 2 is 1.58 bits per heavy atom. The maximum atomic E-state index is 12.8. The van der Waals surface area contributed by atoms with Gasteiger partial charge in [0, 0.05) is 17.3 Å². The Labute approximate surface area is 181 Å². The van der Waals surface area contributed by atoms with Gasteiger partial charge in [0.05, 0.1) is 25.7 Å². The minimum atomic E-state index is -3.94. The standard InChI is InChI=1S/C20H21N3O6S2/c1-4-30(24,25)20-12-10-17(21-22-20)14-5-7-15(8-6-14)23-31(26,27)19-13-16(28-2)9-11-18(19)29-3/h5-13,23H,4H2,1-3H3. The molecule has 0 unspecified atom stereocenters. The lowest BCUT2D eigenvalue weighted by Crippen LogP contribution is -2.14. The van der Waals surface area contributed by atoms with E-state index in [-0.39, 0.29) is 21.4 Å². The van der Waals surface area contributed by atoms with Crippen molar-refractivity contribution < 1.29 is 26.3 Å². The molecule has 0 amide bonds. The lowest BCUT2D eigenvalue weighted by molar-refractivity contribution is 0.392. The zero-order valence-corrected chi connectivity index (χ0v) is 18.7. The summed E-state index contributed by atoms with van der Waals surface area (Å²) in [5.41, 5.74) is 1.43. The molecule has 1 heterocycles. The first-order valence-corrected chi connectivity index (χ1v) is 12.3. The summed E-state index contributed by atoms with van der Waals surface area (Å²) in [7, 11) is -4.55. The van der Waals surface area contributed by atoms with Crippen LogP contribution in [0.15, 0.2) is 64.5 Å². The fraction of sp³-hybridized carbons (Fsp3) is 0.200. The van der Waals surface area contributed by atoms with Crippen molar-refractivity contribution in [3.63, 3.8) is 0 Å². The maximum absolute atomic E-state index is 12.8. The van der Waals surface area contributed by atoms with Crippen LogP contribution in [0, 0.1) is 0 Å². The van der Waals surface area contributed by atoms with E-state index in [0.717, 1.165) is 0 Å². The van der Waals surface area contributed by atoms with Crippen LogP contribution < -0.4 is 14.2 Å². The highest BCUT2D eigenvalue weighted by molar-refractivity contribution is 7.92. The van der Waals surface area contributed by atoms with Gasteiger partial charge in [-0.15, -0.1) is 10.2 Å². The fourth-order valence-electron chi connectivity index (χ4n) is 2.70. The smallest absolute Gasteiger partial charge is 0.265 e. The predicted molar refractivity (Wildman–Crippen MR) is 116 cm³/mol. The molecule has 1 N–H and O–H groups in total. The number of methoxy groups -OCH3 is 2. The fourth-order valence-corrected chi connectivity index (χ4v) is 4.68. The number of nitrogens with zero attached hydrogens (tertiary/aromatic N) is 2. The summed E-state index contributed by atoms with van der Waals surface area (Å²) in [5.74, 6) is 0.499. The molecule has 0 radical (unpaired) electrons. The van der Waals surface area contributed by atoms with Gasteiger partial charge in [0.25, 0.3) is 10.0 Å². The average Bonchev–Trinajstić information content (AvgIpc) is 2.79. The van der Waals surface area contributed by atoms with Gasteiger partial charge in [-0.25, -0.2) is 16.8 Å². The highest BCUT2D eigenvalue weighted by Gasteiger charge is 2.21. The molecule has 0 aliphatic heterocycles. The Morgan fingerprint density at radius 1 is 0.871 bits per heavy atom. The first-order chi connectivity index (χ1) is 14.7. The third kappa shape index (κ3) is 4.94. The first kappa shape index (κ1) is 22.5. The van der Waals surface area contributed by atoms with Gasteiger partial charge in [0.15, 0.2) is 14.9 Å². The van der Waals surface area contributed by atoms with E-state index in [1.165, 1.54) is 39.3 Å². The third-order valence-electron chi connectivity index (χ3n) is 4.43. The van der Waals surface area contributed by atoms with Gasteiger partial charge in [-0.3, -0.25) is 4.72 Å². The molecular weight excluding hydrogens is 442 g/mol. The van der Waals surface area contributed by atoms with Gasteiger partial charge in [-0.1, -0.05) is 19.1 Å². The van der Waals surface area contributed by atoms with Crippen molar-refractivity contribution in [1.82, 2.24) is 10.2 Å². The second-order valence-corrected chi connectivity index (χ2v) is 10.2. The molecule has 0 atom stereocenters. The van der Waals surface area contributed by atoms with Crippen molar-refractivity contribution in [2.75, 3.05) is 24.7 Å². The lowest BCUT2D eigenvalue weighted by Gasteiger charge is -2.13. The van der Waals surface area contributed by atoms with Gasteiger partial charge >= 0.3 is 0 Å². The number of ether oxygens (including phenoxy) is 2. The summed E-state index contributed by atoms with van der Waals surface area (Å²) in [6.45, 7) is 1.53. The van der Waals surface area contributed by atoms with E-state index in [2.05, 4.69) is 14.9 Å². The van der Waals surface area contributed by atoms with E-state index in [9.17, 15) is 16.8 Å². The number of rotatable bonds is 8. The highest BCUT2D eigenvalue weighted by atomic mass is 32.2. The van der Waals surface area contributed by atoms with Crippen molar-refractivity contribution in [2.45, 2.75) is 16.8 Å². The molecule has 0 bridgehead atoms. The van der Waals surface area contributed by atoms with E-state index in [0.29, 0.717) is 22.7 Å². The van der Waals surface area contributed by atoms with Crippen LogP contribution in [0.2, 0.25) is 0 Å². The summed E-state index contributed by atoms with van der Waals surface area (Å²) in [6.07, 6.45) is 0. The Bertz CT molecular complexity index is 1270. The van der Waals surface area contributed by atoms with Gasteiger partial charge < -0.3 is 9.47 Å². The molecule has 2 aromatic carbocycles. The van der Waals surface area contributed by atoms with Crippen molar-refractivity contribution in [2.24, 2.45) is 0 Å². The summed E-state index contributed by atoms with van der Waals surface area (Å²) in [6, 6.07) is 13.9. The molecule has 31 heavy (non-hydrogen) atoms. The van der Waals surface area contributed by atoms with Gasteiger partial charge in [0.2, 0.25) is 0 Å². The van der Waals surface area contributed by atoms with Gasteiger partial charge in [-0.2, -0.15) is 0 Å². The molecule has 0 spiro atoms. The second-order valence-electron chi connectivity index (χ2n) is 6.36. The monoisotopic (exact) mass is 463 g/mol. The van der Waals surface area contributed by atoms with Crippen LogP contribution in [0.25, 0.3) is 11.3 Å². The van der Waals surface area contributed by atoms with E-state index in [1.54, 1.807) is 36.4 Å². The van der Waals surface area contributed by atoms with Crippen molar-refractivity contribution in [1.29, 1.82) is 0 Å². The summed E-state index contributed by atoms with van der Waals surface area (Å²) in [5, 5.41) is 7.65. The van der Waals surface area contributed by atoms with Crippen molar-refractivity contribution in [3.05, 3.63) is 54.6 Å². The highest BCUT2D eigenvalue weighted by Crippen LogP contribution is 2.30. The van der Waals surface area contributed by atoms with Crippen LogP contribution in [0.5, 0.6) is 11.5 Å². The number of benzene rings is 2. The molecule has 0 fully saturated rings. The number of hydrogen-bond donors (Lipinski definition) is 1. The molecule has 1 aromatic heterocycles. The molecule has 0 saturated heterocycles. The molecule has 164 valence electrons. The lowest BCUT2D eigenvalue weighted by atomic mass is 10.1. The number of sulfone groups is 1. The molecule has 0 saturated carbocycles. The van der Waals surface area contributed by atoms with Crippen LogP contribution in [-0.2, 0) is 19.9 Å². The van der Waals surface area contributed by atoms with Crippen LogP contribution in [0.1, 0.15) is 6.92 Å². The Balaban J connectivity index is 1.84. The molecule has 9 nitrogen and oxygen atoms in total. The van der Waals surface area contributed by atoms with E-state index in [4.69, 9.17) is 9.47 Å². The quantitative estimate of drug-likeness (QED) is 0.541. The first-order valence-electron chi connectivity index (χ1n) is 9.12. The largest absolute Gasteiger partial charge is 0.497 e. The normalized spacial score (nSPS) is 11.7. The maximum Gasteiger partial charge on any atom is 0.265 e. The Morgan fingerprint density at radius 3 is 2.13 bits per heavy atom. The Kier molecular flexibility index (Phi) is 6.46. The van der Waals surface area contributed by atoms with Crippen LogP contribution in [0.4, 0.5) is 5.69 Å². The zero-order chi connectivity index (χ0) is 22.6. The summed E-state index contributed by atoms with van der Waals surface area (Å²) in [4.78, 5) is -0.0583. The number of anilines is 1. The van der Waals surface area contributed by atoms with Crippen molar-refractivity contribution in [3.8, 4) is 22.8 Å². The number of hydrogen-bond acceptors (Lipinski definition) is 8. The SMILES string of the molecule is CCS(=O)(=O)c1ccc(-c2ccc(NS(=O)(=O)c3cc(OC)ccc3OC)cc2)nn1. The van der Waals surface area contributed by atoms with E-state index in [1.807, 2.05) is 0 Å². The number of nitrogens with one attached hydrogen (secondary N) is 1. The molecule has 3 rings (SSSR count). The predicted octanol–water partition coefficient (Wildman–Crippen LogP) is 2.76. The topological polar surface area (TPSA) is 125 Å². The van der Waals surface area contributed by atoms with Gasteiger partial charge in [-0.05, 0) is 36.4 Å². The zero-order valence-electron chi connectivity index (χ0n) is 17.1. The minimum Gasteiger partial charge on any atom is -0.497 e. The molecular formula is C20H21N3O6S2. The molecule has 0 aliphatic rings. The average molecular weight is 464 g/mol. The van der Waals surface area contributed by atoms with Crippen LogP contribution in [-0.4, -0.2) is 47.0 Å². The summed E-state index contributed by atoms with van der Waals surface area (Å²) < 4.78 is 62.1. The van der Waals surface area contributed by atoms with E-state index < -0.39 is 19.9 Å². The number of aromatic nitrogens is 2. The second kappa shape index (κ2) is 8.90. The van der Waals surface area contributed by atoms with Crippen LogP contribution in [0.3, 0.4) is 0 Å². The Hall–Kier alpha value is -3.18. The van der Waals surface area contributed by atoms with Crippen molar-refractivity contribution >= 4 is 25.5 Å². The summed E-state index contributed by atoms with van der Waals surface area (Å²) >= 11 is 0. The van der Waals surface area contributed by atoms with E-state index >= 15 is 0 Å². The van der Waals surface area contributed by atoms with Crippen LogP contribution >= 0.6 is 0 Å². The third-order valence-corrected chi connectivity index (χ3v) is 7.45. The minimum absolute atomic E-state index is 0.0583. The number of sulfonamides is 1. The molecule has 0 aliphatic carbocycles.